The fourth-order valence-electron chi connectivity index (χ4n) is 1.84. The van der Waals surface area contributed by atoms with E-state index in [1.54, 1.807) is 36.5 Å². The number of carbonyl (C=O) groups is 2. The van der Waals surface area contributed by atoms with Gasteiger partial charge in [-0.2, -0.15) is 0 Å². The summed E-state index contributed by atoms with van der Waals surface area (Å²) in [5.74, 6) is -0.185. The standard InChI is InChI=1S/C16H17N3O2/c1-12(20)19(2)11-13-4-3-5-15(10-13)18-16(21)14-6-8-17-9-7-14/h3-10H,11H2,1-2H3,(H,18,21). The maximum absolute atomic E-state index is 12.1. The van der Waals surface area contributed by atoms with E-state index in [0.717, 1.165) is 5.56 Å². The van der Waals surface area contributed by atoms with E-state index in [1.165, 1.54) is 6.92 Å². The third kappa shape index (κ3) is 4.14. The lowest BCUT2D eigenvalue weighted by atomic mass is 10.1. The zero-order valence-electron chi connectivity index (χ0n) is 12.0. The molecule has 0 aliphatic heterocycles. The summed E-state index contributed by atoms with van der Waals surface area (Å²) < 4.78 is 0. The van der Waals surface area contributed by atoms with Gasteiger partial charge in [-0.05, 0) is 29.8 Å². The predicted octanol–water partition coefficient (Wildman–Crippen LogP) is 2.31. The van der Waals surface area contributed by atoms with Gasteiger partial charge in [0, 0.05) is 44.2 Å². The SMILES string of the molecule is CC(=O)N(C)Cc1cccc(NC(=O)c2ccncc2)c1. The van der Waals surface area contributed by atoms with Crippen molar-refractivity contribution in [3.05, 3.63) is 59.9 Å². The van der Waals surface area contributed by atoms with Crippen molar-refractivity contribution in [2.45, 2.75) is 13.5 Å². The van der Waals surface area contributed by atoms with Crippen LogP contribution in [0, 0.1) is 0 Å². The van der Waals surface area contributed by atoms with Gasteiger partial charge in [0.1, 0.15) is 0 Å². The van der Waals surface area contributed by atoms with Crippen LogP contribution in [0.15, 0.2) is 48.8 Å². The van der Waals surface area contributed by atoms with E-state index in [2.05, 4.69) is 10.3 Å². The van der Waals surface area contributed by atoms with Gasteiger partial charge in [-0.25, -0.2) is 0 Å². The smallest absolute Gasteiger partial charge is 0.255 e. The molecule has 0 saturated heterocycles. The highest BCUT2D eigenvalue weighted by molar-refractivity contribution is 6.04. The maximum Gasteiger partial charge on any atom is 0.255 e. The highest BCUT2D eigenvalue weighted by atomic mass is 16.2. The molecule has 108 valence electrons. The molecule has 5 nitrogen and oxygen atoms in total. The molecule has 0 radical (unpaired) electrons. The Kier molecular flexibility index (Phi) is 4.66. The molecular weight excluding hydrogens is 266 g/mol. The summed E-state index contributed by atoms with van der Waals surface area (Å²) in [6.07, 6.45) is 3.15. The quantitative estimate of drug-likeness (QED) is 0.936. The Morgan fingerprint density at radius 1 is 1.19 bits per heavy atom. The molecule has 1 aromatic carbocycles. The van der Waals surface area contributed by atoms with Crippen molar-refractivity contribution >= 4 is 17.5 Å². The van der Waals surface area contributed by atoms with Gasteiger partial charge < -0.3 is 10.2 Å². The number of hydrogen-bond acceptors (Lipinski definition) is 3. The molecule has 0 spiro atoms. The number of hydrogen-bond donors (Lipinski definition) is 1. The van der Waals surface area contributed by atoms with Gasteiger partial charge in [0.25, 0.3) is 5.91 Å². The average molecular weight is 283 g/mol. The molecular formula is C16H17N3O2. The van der Waals surface area contributed by atoms with Crippen molar-refractivity contribution < 1.29 is 9.59 Å². The molecule has 0 aliphatic carbocycles. The minimum Gasteiger partial charge on any atom is -0.342 e. The van der Waals surface area contributed by atoms with Crippen LogP contribution in [0.25, 0.3) is 0 Å². The van der Waals surface area contributed by atoms with Crippen molar-refractivity contribution in [1.29, 1.82) is 0 Å². The zero-order chi connectivity index (χ0) is 15.2. The van der Waals surface area contributed by atoms with Crippen LogP contribution < -0.4 is 5.32 Å². The summed E-state index contributed by atoms with van der Waals surface area (Å²) in [4.78, 5) is 28.8. The Bertz CT molecular complexity index is 641. The van der Waals surface area contributed by atoms with Crippen molar-refractivity contribution in [1.82, 2.24) is 9.88 Å². The van der Waals surface area contributed by atoms with Crippen LogP contribution in [-0.4, -0.2) is 28.7 Å². The van der Waals surface area contributed by atoms with Gasteiger partial charge in [0.2, 0.25) is 5.91 Å². The third-order valence-corrected chi connectivity index (χ3v) is 3.08. The number of anilines is 1. The fraction of sp³-hybridized carbons (Fsp3) is 0.188. The zero-order valence-corrected chi connectivity index (χ0v) is 12.0. The Labute approximate surface area is 123 Å². The highest BCUT2D eigenvalue weighted by Gasteiger charge is 2.07. The van der Waals surface area contributed by atoms with Crippen LogP contribution in [0.4, 0.5) is 5.69 Å². The van der Waals surface area contributed by atoms with E-state index in [-0.39, 0.29) is 11.8 Å². The van der Waals surface area contributed by atoms with E-state index in [1.807, 2.05) is 24.3 Å². The Balaban J connectivity index is 2.08. The number of nitrogens with one attached hydrogen (secondary N) is 1. The summed E-state index contributed by atoms with van der Waals surface area (Å²) in [6, 6.07) is 10.8. The molecule has 2 aromatic rings. The van der Waals surface area contributed by atoms with Crippen molar-refractivity contribution in [2.24, 2.45) is 0 Å². The lowest BCUT2D eigenvalue weighted by Gasteiger charge is -2.15. The van der Waals surface area contributed by atoms with Gasteiger partial charge >= 0.3 is 0 Å². The molecule has 1 aromatic heterocycles. The topological polar surface area (TPSA) is 62.3 Å². The molecule has 2 amide bonds. The van der Waals surface area contributed by atoms with Crippen molar-refractivity contribution in [3.63, 3.8) is 0 Å². The molecule has 1 heterocycles. The number of nitrogens with zero attached hydrogens (tertiary/aromatic N) is 2. The van der Waals surface area contributed by atoms with E-state index in [4.69, 9.17) is 0 Å². The molecule has 2 rings (SSSR count). The van der Waals surface area contributed by atoms with Crippen molar-refractivity contribution in [2.75, 3.05) is 12.4 Å². The Morgan fingerprint density at radius 3 is 2.57 bits per heavy atom. The summed E-state index contributed by atoms with van der Waals surface area (Å²) in [5.41, 5.74) is 2.21. The first-order valence-electron chi connectivity index (χ1n) is 6.58. The lowest BCUT2D eigenvalue weighted by Crippen LogP contribution is -2.23. The van der Waals surface area contributed by atoms with Crippen LogP contribution in [0.2, 0.25) is 0 Å². The Morgan fingerprint density at radius 2 is 1.90 bits per heavy atom. The number of aromatic nitrogens is 1. The van der Waals surface area contributed by atoms with E-state index >= 15 is 0 Å². The monoisotopic (exact) mass is 283 g/mol. The number of carbonyl (C=O) groups excluding carboxylic acids is 2. The van der Waals surface area contributed by atoms with E-state index in [0.29, 0.717) is 17.8 Å². The second-order valence-electron chi connectivity index (χ2n) is 4.77. The number of benzene rings is 1. The minimum absolute atomic E-state index is 0.00113. The summed E-state index contributed by atoms with van der Waals surface area (Å²) in [6.45, 7) is 2.03. The molecule has 0 bridgehead atoms. The number of amides is 2. The minimum atomic E-state index is -0.186. The predicted molar refractivity (Wildman–Crippen MR) is 80.8 cm³/mol. The molecule has 1 N–H and O–H groups in total. The average Bonchev–Trinajstić information content (AvgIpc) is 2.48. The molecule has 0 aliphatic rings. The molecule has 0 fully saturated rings. The first-order valence-corrected chi connectivity index (χ1v) is 6.58. The normalized spacial score (nSPS) is 10.0. The van der Waals surface area contributed by atoms with Crippen LogP contribution >= 0.6 is 0 Å². The van der Waals surface area contributed by atoms with Crippen molar-refractivity contribution in [3.8, 4) is 0 Å². The van der Waals surface area contributed by atoms with Crippen LogP contribution in [0.1, 0.15) is 22.8 Å². The van der Waals surface area contributed by atoms with E-state index in [9.17, 15) is 9.59 Å². The Hall–Kier alpha value is -2.69. The van der Waals surface area contributed by atoms with E-state index < -0.39 is 0 Å². The molecule has 0 atom stereocenters. The van der Waals surface area contributed by atoms with Crippen LogP contribution in [-0.2, 0) is 11.3 Å². The third-order valence-electron chi connectivity index (χ3n) is 3.08. The van der Waals surface area contributed by atoms with Gasteiger partial charge in [-0.1, -0.05) is 12.1 Å². The first kappa shape index (κ1) is 14.7. The van der Waals surface area contributed by atoms with Crippen LogP contribution in [0.3, 0.4) is 0 Å². The maximum atomic E-state index is 12.1. The largest absolute Gasteiger partial charge is 0.342 e. The van der Waals surface area contributed by atoms with Gasteiger partial charge in [0.15, 0.2) is 0 Å². The van der Waals surface area contributed by atoms with Gasteiger partial charge in [0.05, 0.1) is 0 Å². The second-order valence-corrected chi connectivity index (χ2v) is 4.77. The van der Waals surface area contributed by atoms with Gasteiger partial charge in [-0.15, -0.1) is 0 Å². The number of pyridine rings is 1. The molecule has 0 unspecified atom stereocenters. The lowest BCUT2D eigenvalue weighted by molar-refractivity contribution is -0.128. The fourth-order valence-corrected chi connectivity index (χ4v) is 1.84. The molecule has 5 heteroatoms. The highest BCUT2D eigenvalue weighted by Crippen LogP contribution is 2.13. The van der Waals surface area contributed by atoms with Gasteiger partial charge in [-0.3, -0.25) is 14.6 Å². The van der Waals surface area contributed by atoms with Crippen LogP contribution in [0.5, 0.6) is 0 Å². The second kappa shape index (κ2) is 6.65. The summed E-state index contributed by atoms with van der Waals surface area (Å²) >= 11 is 0. The first-order chi connectivity index (χ1) is 10.1. The molecule has 21 heavy (non-hydrogen) atoms. The number of rotatable bonds is 4. The molecule has 0 saturated carbocycles. The summed E-state index contributed by atoms with van der Waals surface area (Å²) in [5, 5.41) is 2.83. The summed E-state index contributed by atoms with van der Waals surface area (Å²) in [7, 11) is 1.74.